The molecular weight excluding hydrogens is 240 g/mol. The number of benzene rings is 2. The van der Waals surface area contributed by atoms with Gasteiger partial charge in [-0.15, -0.1) is 0 Å². The van der Waals surface area contributed by atoms with Gasteiger partial charge in [0.2, 0.25) is 0 Å². The molecule has 0 saturated carbocycles. The van der Waals surface area contributed by atoms with Gasteiger partial charge in [-0.05, 0) is 22.4 Å². The lowest BCUT2D eigenvalue weighted by Gasteiger charge is -2.02. The Bertz CT molecular complexity index is 477. The van der Waals surface area contributed by atoms with Gasteiger partial charge in [0.15, 0.2) is 6.29 Å². The number of hydrogen-bond donors (Lipinski definition) is 0. The zero-order chi connectivity index (χ0) is 9.97. The lowest BCUT2D eigenvalue weighted by Crippen LogP contribution is -1.85. The molecule has 0 fully saturated rings. The zero-order valence-corrected chi connectivity index (χ0v) is 9.12. The molecule has 0 unspecified atom stereocenters. The Balaban J connectivity index is 2.76. The molecule has 0 aliphatic carbocycles. The maximum Gasteiger partial charge on any atom is 0.150 e. The summed E-state index contributed by atoms with van der Waals surface area (Å²) in [5.74, 6) is 0. The Labute approximate surface area is 90.9 Å². The van der Waals surface area contributed by atoms with Crippen LogP contribution in [0, 0.1) is 0 Å². The monoisotopic (exact) mass is 248 g/mol. The standard InChI is InChI=1S/C12H9BrO/c13-7-9-4-5-10-2-1-3-11(8-14)12(10)6-9/h1-6,8H,7H2. The quantitative estimate of drug-likeness (QED) is 0.587. The van der Waals surface area contributed by atoms with Crippen molar-refractivity contribution in [2.75, 3.05) is 0 Å². The number of aldehydes is 1. The molecule has 2 rings (SSSR count). The van der Waals surface area contributed by atoms with Crippen molar-refractivity contribution in [3.63, 3.8) is 0 Å². The first-order valence-electron chi connectivity index (χ1n) is 4.38. The van der Waals surface area contributed by atoms with E-state index in [0.717, 1.165) is 28.0 Å². The van der Waals surface area contributed by atoms with Gasteiger partial charge in [0, 0.05) is 10.9 Å². The molecule has 2 aromatic rings. The highest BCUT2D eigenvalue weighted by molar-refractivity contribution is 9.08. The van der Waals surface area contributed by atoms with E-state index in [1.807, 2.05) is 30.3 Å². The summed E-state index contributed by atoms with van der Waals surface area (Å²) in [7, 11) is 0. The first-order chi connectivity index (χ1) is 6.85. The Hall–Kier alpha value is -1.15. The molecule has 2 aromatic carbocycles. The summed E-state index contributed by atoms with van der Waals surface area (Å²) < 4.78 is 0. The number of fused-ring (bicyclic) bond motifs is 1. The second kappa shape index (κ2) is 3.93. The van der Waals surface area contributed by atoms with E-state index < -0.39 is 0 Å². The van der Waals surface area contributed by atoms with Crippen molar-refractivity contribution in [2.24, 2.45) is 0 Å². The summed E-state index contributed by atoms with van der Waals surface area (Å²) in [5, 5.41) is 2.95. The number of carbonyl (C=O) groups excluding carboxylic acids is 1. The number of halogens is 1. The van der Waals surface area contributed by atoms with Crippen LogP contribution >= 0.6 is 15.9 Å². The van der Waals surface area contributed by atoms with Gasteiger partial charge in [0.25, 0.3) is 0 Å². The van der Waals surface area contributed by atoms with E-state index in [9.17, 15) is 4.79 Å². The lowest BCUT2D eigenvalue weighted by atomic mass is 10.0. The fourth-order valence-corrected chi connectivity index (χ4v) is 1.88. The third-order valence-electron chi connectivity index (χ3n) is 2.26. The van der Waals surface area contributed by atoms with Crippen molar-refractivity contribution >= 4 is 33.0 Å². The highest BCUT2D eigenvalue weighted by Gasteiger charge is 2.00. The van der Waals surface area contributed by atoms with Crippen molar-refractivity contribution in [3.8, 4) is 0 Å². The summed E-state index contributed by atoms with van der Waals surface area (Å²) in [6.07, 6.45) is 0.903. The van der Waals surface area contributed by atoms with Crippen LogP contribution in [0.15, 0.2) is 36.4 Å². The molecule has 0 bridgehead atoms. The summed E-state index contributed by atoms with van der Waals surface area (Å²) >= 11 is 3.40. The van der Waals surface area contributed by atoms with Crippen LogP contribution in [0.3, 0.4) is 0 Å². The molecule has 0 aromatic heterocycles. The minimum atomic E-state index is 0.755. The van der Waals surface area contributed by atoms with Gasteiger partial charge in [-0.2, -0.15) is 0 Å². The lowest BCUT2D eigenvalue weighted by molar-refractivity contribution is 0.112. The molecular formula is C12H9BrO. The SMILES string of the molecule is O=Cc1cccc2ccc(CBr)cc12. The Morgan fingerprint density at radius 2 is 2.07 bits per heavy atom. The topological polar surface area (TPSA) is 17.1 Å². The number of rotatable bonds is 2. The zero-order valence-electron chi connectivity index (χ0n) is 7.53. The van der Waals surface area contributed by atoms with Gasteiger partial charge >= 0.3 is 0 Å². The van der Waals surface area contributed by atoms with Crippen molar-refractivity contribution in [1.82, 2.24) is 0 Å². The average molecular weight is 249 g/mol. The number of carbonyl (C=O) groups is 1. The van der Waals surface area contributed by atoms with Gasteiger partial charge < -0.3 is 0 Å². The first-order valence-corrected chi connectivity index (χ1v) is 5.50. The van der Waals surface area contributed by atoms with Crippen LogP contribution in [0.1, 0.15) is 15.9 Å². The molecule has 0 saturated heterocycles. The molecule has 1 nitrogen and oxygen atoms in total. The van der Waals surface area contributed by atoms with Crippen LogP contribution < -0.4 is 0 Å². The highest BCUT2D eigenvalue weighted by Crippen LogP contribution is 2.20. The van der Waals surface area contributed by atoms with Gasteiger partial charge in [-0.25, -0.2) is 0 Å². The molecule has 0 aliphatic rings. The molecule has 0 amide bonds. The third-order valence-corrected chi connectivity index (χ3v) is 2.91. The second-order valence-electron chi connectivity index (χ2n) is 3.15. The average Bonchev–Trinajstić information content (AvgIpc) is 2.27. The highest BCUT2D eigenvalue weighted by atomic mass is 79.9. The van der Waals surface area contributed by atoms with Gasteiger partial charge in [-0.1, -0.05) is 46.3 Å². The van der Waals surface area contributed by atoms with Crippen LogP contribution in [-0.2, 0) is 5.33 Å². The summed E-state index contributed by atoms with van der Waals surface area (Å²) in [4.78, 5) is 10.8. The van der Waals surface area contributed by atoms with Gasteiger partial charge in [-0.3, -0.25) is 4.79 Å². The fraction of sp³-hybridized carbons (Fsp3) is 0.0833. The summed E-state index contributed by atoms with van der Waals surface area (Å²) in [6.45, 7) is 0. The van der Waals surface area contributed by atoms with E-state index in [-0.39, 0.29) is 0 Å². The molecule has 14 heavy (non-hydrogen) atoms. The maximum absolute atomic E-state index is 10.8. The van der Waals surface area contributed by atoms with Crippen LogP contribution in [0.25, 0.3) is 10.8 Å². The summed E-state index contributed by atoms with van der Waals surface area (Å²) in [5.41, 5.74) is 1.94. The molecule has 0 heterocycles. The first kappa shape index (κ1) is 9.41. The van der Waals surface area contributed by atoms with Crippen molar-refractivity contribution in [1.29, 1.82) is 0 Å². The Kier molecular flexibility index (Phi) is 2.64. The van der Waals surface area contributed by atoms with Gasteiger partial charge in [0.1, 0.15) is 0 Å². The van der Waals surface area contributed by atoms with Crippen LogP contribution in [0.5, 0.6) is 0 Å². The van der Waals surface area contributed by atoms with E-state index in [0.29, 0.717) is 0 Å². The smallest absolute Gasteiger partial charge is 0.150 e. The van der Waals surface area contributed by atoms with E-state index in [2.05, 4.69) is 22.0 Å². The fourth-order valence-electron chi connectivity index (χ4n) is 1.53. The van der Waals surface area contributed by atoms with Crippen molar-refractivity contribution < 1.29 is 4.79 Å². The van der Waals surface area contributed by atoms with Crippen LogP contribution in [0.2, 0.25) is 0 Å². The third kappa shape index (κ3) is 1.58. The predicted octanol–water partition coefficient (Wildman–Crippen LogP) is 3.55. The maximum atomic E-state index is 10.8. The molecule has 0 aliphatic heterocycles. The largest absolute Gasteiger partial charge is 0.298 e. The van der Waals surface area contributed by atoms with Crippen LogP contribution in [-0.4, -0.2) is 6.29 Å². The van der Waals surface area contributed by atoms with E-state index in [1.165, 1.54) is 5.56 Å². The minimum absolute atomic E-state index is 0.755. The Morgan fingerprint density at radius 1 is 1.21 bits per heavy atom. The van der Waals surface area contributed by atoms with Crippen molar-refractivity contribution in [3.05, 3.63) is 47.5 Å². The summed E-state index contributed by atoms with van der Waals surface area (Å²) in [6, 6.07) is 11.9. The predicted molar refractivity (Wildman–Crippen MR) is 62.0 cm³/mol. The van der Waals surface area contributed by atoms with E-state index >= 15 is 0 Å². The van der Waals surface area contributed by atoms with Crippen LogP contribution in [0.4, 0.5) is 0 Å². The molecule has 0 atom stereocenters. The number of hydrogen-bond acceptors (Lipinski definition) is 1. The van der Waals surface area contributed by atoms with E-state index in [4.69, 9.17) is 0 Å². The van der Waals surface area contributed by atoms with Gasteiger partial charge in [0.05, 0.1) is 0 Å². The molecule has 2 heteroatoms. The normalized spacial score (nSPS) is 10.4. The van der Waals surface area contributed by atoms with E-state index in [1.54, 1.807) is 0 Å². The molecule has 0 N–H and O–H groups in total. The molecule has 0 spiro atoms. The van der Waals surface area contributed by atoms with Crippen molar-refractivity contribution in [2.45, 2.75) is 5.33 Å². The minimum Gasteiger partial charge on any atom is -0.298 e. The molecule has 70 valence electrons. The molecule has 0 radical (unpaired) electrons. The Morgan fingerprint density at radius 3 is 2.79 bits per heavy atom. The number of alkyl halides is 1. The second-order valence-corrected chi connectivity index (χ2v) is 3.71.